The molecule has 4 heteroatoms. The van der Waals surface area contributed by atoms with E-state index in [4.69, 9.17) is 16.3 Å². The van der Waals surface area contributed by atoms with Gasteiger partial charge in [0.05, 0.1) is 7.11 Å². The average molecular weight is 370 g/mol. The summed E-state index contributed by atoms with van der Waals surface area (Å²) < 4.78 is 5.49. The highest BCUT2D eigenvalue weighted by Crippen LogP contribution is 2.38. The molecule has 0 bridgehead atoms. The Morgan fingerprint density at radius 1 is 1.15 bits per heavy atom. The third kappa shape index (κ3) is 4.00. The van der Waals surface area contributed by atoms with Gasteiger partial charge in [0, 0.05) is 31.1 Å². The lowest BCUT2D eigenvalue weighted by Gasteiger charge is -2.42. The Kier molecular flexibility index (Phi) is 5.80. The van der Waals surface area contributed by atoms with Crippen molar-refractivity contribution in [2.75, 3.05) is 20.2 Å². The maximum absolute atomic E-state index is 13.0. The summed E-state index contributed by atoms with van der Waals surface area (Å²) in [6, 6.07) is 17.9. The molecular weight excluding hydrogens is 346 g/mol. The molecule has 3 nitrogen and oxygen atoms in total. The number of ether oxygens (including phenoxy) is 1. The van der Waals surface area contributed by atoms with Gasteiger partial charge < -0.3 is 4.74 Å². The summed E-state index contributed by atoms with van der Waals surface area (Å²) in [5.74, 6) is 0.757. The normalized spacial score (nSPS) is 20.8. The van der Waals surface area contributed by atoms with E-state index in [0.29, 0.717) is 25.1 Å². The van der Waals surface area contributed by atoms with Gasteiger partial charge in [-0.05, 0) is 29.7 Å². The summed E-state index contributed by atoms with van der Waals surface area (Å²) in [5.41, 5.74) is 1.59. The van der Waals surface area contributed by atoms with Crippen molar-refractivity contribution >= 4 is 17.4 Å². The monoisotopic (exact) mass is 369 g/mol. The van der Waals surface area contributed by atoms with Crippen molar-refractivity contribution in [3.8, 4) is 0 Å². The number of carbonyl (C=O) groups is 1. The highest BCUT2D eigenvalue weighted by molar-refractivity contribution is 6.30. The van der Waals surface area contributed by atoms with E-state index < -0.39 is 5.41 Å². The third-order valence-corrected chi connectivity index (χ3v) is 5.38. The van der Waals surface area contributed by atoms with Crippen LogP contribution in [0.25, 0.3) is 0 Å². The maximum atomic E-state index is 13.0. The first-order valence-electron chi connectivity index (χ1n) is 8.81. The van der Waals surface area contributed by atoms with Crippen molar-refractivity contribution in [3.05, 3.63) is 83.1 Å². The second kappa shape index (κ2) is 8.07. The number of hydrogen-bond acceptors (Lipinski definition) is 3. The maximum Gasteiger partial charge on any atom is 0.149 e. The molecule has 0 spiro atoms. The molecular formula is C22H24ClNO2. The molecule has 136 valence electrons. The van der Waals surface area contributed by atoms with Crippen LogP contribution in [0.1, 0.15) is 17.5 Å². The van der Waals surface area contributed by atoms with Crippen LogP contribution in [0.5, 0.6) is 0 Å². The Labute approximate surface area is 160 Å². The zero-order valence-electron chi connectivity index (χ0n) is 15.1. The first kappa shape index (κ1) is 18.7. The van der Waals surface area contributed by atoms with Crippen LogP contribution < -0.4 is 0 Å². The van der Waals surface area contributed by atoms with E-state index in [-0.39, 0.29) is 5.78 Å². The van der Waals surface area contributed by atoms with Crippen molar-refractivity contribution in [1.82, 2.24) is 4.90 Å². The van der Waals surface area contributed by atoms with Gasteiger partial charge in [-0.1, -0.05) is 60.6 Å². The lowest BCUT2D eigenvalue weighted by atomic mass is 9.72. The van der Waals surface area contributed by atoms with Crippen molar-refractivity contribution in [2.24, 2.45) is 5.41 Å². The molecule has 0 aliphatic carbocycles. The molecule has 0 N–H and O–H groups in total. The predicted octanol–water partition coefficient (Wildman–Crippen LogP) is 4.50. The Bertz CT molecular complexity index is 762. The molecule has 3 rings (SSSR count). The largest absolute Gasteiger partial charge is 0.501 e. The van der Waals surface area contributed by atoms with Crippen LogP contribution in [0.15, 0.2) is 66.9 Å². The first-order chi connectivity index (χ1) is 12.5. The smallest absolute Gasteiger partial charge is 0.149 e. The summed E-state index contributed by atoms with van der Waals surface area (Å²) in [6.45, 7) is 6.21. The second-order valence-electron chi connectivity index (χ2n) is 6.88. The lowest BCUT2D eigenvalue weighted by Crippen LogP contribution is -2.51. The fraction of sp³-hybridized carbons (Fsp3) is 0.318. The lowest BCUT2D eigenvalue weighted by molar-refractivity contribution is -0.133. The quantitative estimate of drug-likeness (QED) is 0.702. The van der Waals surface area contributed by atoms with Gasteiger partial charge in [-0.2, -0.15) is 0 Å². The Balaban J connectivity index is 1.85. The number of methoxy groups -OCH3 is 1. The topological polar surface area (TPSA) is 29.5 Å². The van der Waals surface area contributed by atoms with Crippen molar-refractivity contribution in [2.45, 2.75) is 19.4 Å². The molecule has 1 aliphatic heterocycles. The minimum atomic E-state index is -0.708. The summed E-state index contributed by atoms with van der Waals surface area (Å²) in [7, 11) is 1.60. The summed E-state index contributed by atoms with van der Waals surface area (Å²) in [4.78, 5) is 15.3. The zero-order valence-corrected chi connectivity index (χ0v) is 15.8. The minimum Gasteiger partial charge on any atom is -0.501 e. The molecule has 0 radical (unpaired) electrons. The van der Waals surface area contributed by atoms with Crippen LogP contribution in [0.2, 0.25) is 5.02 Å². The Morgan fingerprint density at radius 2 is 1.85 bits per heavy atom. The highest BCUT2D eigenvalue weighted by Gasteiger charge is 2.46. The van der Waals surface area contributed by atoms with Gasteiger partial charge in [-0.15, -0.1) is 0 Å². The van der Waals surface area contributed by atoms with Crippen LogP contribution in [0.3, 0.4) is 0 Å². The van der Waals surface area contributed by atoms with Crippen LogP contribution in [-0.4, -0.2) is 30.9 Å². The van der Waals surface area contributed by atoms with E-state index in [9.17, 15) is 4.79 Å². The van der Waals surface area contributed by atoms with E-state index in [0.717, 1.165) is 23.7 Å². The molecule has 1 fully saturated rings. The van der Waals surface area contributed by atoms with Crippen LogP contribution in [-0.2, 0) is 22.5 Å². The number of rotatable bonds is 6. The van der Waals surface area contributed by atoms with Crippen molar-refractivity contribution in [3.63, 3.8) is 0 Å². The highest BCUT2D eigenvalue weighted by atomic mass is 35.5. The summed E-state index contributed by atoms with van der Waals surface area (Å²) >= 11 is 5.98. The van der Waals surface area contributed by atoms with Gasteiger partial charge in [0.15, 0.2) is 0 Å². The Hall–Kier alpha value is -2.10. The number of ketones is 1. The van der Waals surface area contributed by atoms with Gasteiger partial charge in [0.2, 0.25) is 0 Å². The number of piperidine rings is 1. The molecule has 2 aromatic carbocycles. The van der Waals surface area contributed by atoms with Crippen LogP contribution in [0.4, 0.5) is 0 Å². The first-order valence-corrected chi connectivity index (χ1v) is 9.19. The van der Waals surface area contributed by atoms with Gasteiger partial charge >= 0.3 is 0 Å². The van der Waals surface area contributed by atoms with E-state index in [1.807, 2.05) is 42.5 Å². The van der Waals surface area contributed by atoms with Gasteiger partial charge in [-0.25, -0.2) is 0 Å². The van der Waals surface area contributed by atoms with Gasteiger partial charge in [0.1, 0.15) is 17.0 Å². The standard InChI is InChI=1S/C22H24ClNO2/c1-17(26-2)22(14-18-6-4-3-5-7-18)16-24(13-12-21(22)25)15-19-8-10-20(23)11-9-19/h3-11H,1,12-16H2,2H3. The van der Waals surface area contributed by atoms with E-state index >= 15 is 0 Å². The minimum absolute atomic E-state index is 0.209. The van der Waals surface area contributed by atoms with Crippen molar-refractivity contribution in [1.29, 1.82) is 0 Å². The molecule has 1 unspecified atom stereocenters. The number of carbonyl (C=O) groups excluding carboxylic acids is 1. The molecule has 1 aliphatic rings. The molecule has 0 saturated carbocycles. The SMILES string of the molecule is C=C(OC)C1(Cc2ccccc2)CN(Cc2ccc(Cl)cc2)CCC1=O. The number of nitrogens with zero attached hydrogens (tertiary/aromatic N) is 1. The fourth-order valence-electron chi connectivity index (χ4n) is 3.67. The zero-order chi connectivity index (χ0) is 18.6. The molecule has 0 amide bonds. The summed E-state index contributed by atoms with van der Waals surface area (Å²) in [6.07, 6.45) is 1.11. The van der Waals surface area contributed by atoms with E-state index in [2.05, 4.69) is 23.6 Å². The Morgan fingerprint density at radius 3 is 2.50 bits per heavy atom. The number of halogens is 1. The molecule has 1 saturated heterocycles. The van der Waals surface area contributed by atoms with E-state index in [1.54, 1.807) is 7.11 Å². The fourth-order valence-corrected chi connectivity index (χ4v) is 3.79. The third-order valence-electron chi connectivity index (χ3n) is 5.13. The van der Waals surface area contributed by atoms with Gasteiger partial charge in [-0.3, -0.25) is 9.69 Å². The van der Waals surface area contributed by atoms with Gasteiger partial charge in [0.25, 0.3) is 0 Å². The number of Topliss-reactive ketones (excluding diaryl/α,β-unsaturated/α-hetero) is 1. The van der Waals surface area contributed by atoms with Crippen LogP contribution in [0, 0.1) is 5.41 Å². The van der Waals surface area contributed by atoms with Crippen LogP contribution >= 0.6 is 11.6 Å². The number of benzene rings is 2. The van der Waals surface area contributed by atoms with Crippen molar-refractivity contribution < 1.29 is 9.53 Å². The van der Waals surface area contributed by atoms with E-state index in [1.165, 1.54) is 5.56 Å². The molecule has 0 aromatic heterocycles. The molecule has 1 atom stereocenters. The second-order valence-corrected chi connectivity index (χ2v) is 7.32. The average Bonchev–Trinajstić information content (AvgIpc) is 2.66. The summed E-state index contributed by atoms with van der Waals surface area (Å²) in [5, 5.41) is 0.730. The molecule has 1 heterocycles. The number of likely N-dealkylation sites (tertiary alicyclic amines) is 1. The molecule has 26 heavy (non-hydrogen) atoms. The predicted molar refractivity (Wildman–Crippen MR) is 105 cm³/mol. The molecule has 2 aromatic rings. The number of hydrogen-bond donors (Lipinski definition) is 0.